The van der Waals surface area contributed by atoms with E-state index in [4.69, 9.17) is 0 Å². The first-order valence-corrected chi connectivity index (χ1v) is 8.03. The average molecular weight is 256 g/mol. The molecule has 0 heterocycles. The van der Waals surface area contributed by atoms with Gasteiger partial charge in [0.1, 0.15) is 0 Å². The zero-order valence-corrected chi connectivity index (χ0v) is 11.5. The first kappa shape index (κ1) is 13.1. The van der Waals surface area contributed by atoms with Gasteiger partial charge in [0.15, 0.2) is 0 Å². The Hall–Kier alpha value is -0.380. The highest BCUT2D eigenvalue weighted by atomic mass is 32.2. The number of rotatable bonds is 4. The Balaban J connectivity index is 1.73. The van der Waals surface area contributed by atoms with E-state index in [-0.39, 0.29) is 6.03 Å². The predicted molar refractivity (Wildman–Crippen MR) is 73.5 cm³/mol. The molecule has 0 radical (unpaired) electrons. The molecule has 0 aromatic carbocycles. The van der Waals surface area contributed by atoms with Crippen molar-refractivity contribution in [2.45, 2.75) is 69.2 Å². The molecule has 2 saturated carbocycles. The minimum absolute atomic E-state index is 0.0607. The van der Waals surface area contributed by atoms with Crippen molar-refractivity contribution >= 4 is 17.8 Å². The van der Waals surface area contributed by atoms with Crippen LogP contribution in [0.25, 0.3) is 0 Å². The maximum atomic E-state index is 11.9. The summed E-state index contributed by atoms with van der Waals surface area (Å²) in [5.41, 5.74) is 0. The third-order valence-electron chi connectivity index (χ3n) is 3.84. The molecule has 0 bridgehead atoms. The van der Waals surface area contributed by atoms with Crippen molar-refractivity contribution in [3.05, 3.63) is 0 Å². The zero-order valence-electron chi connectivity index (χ0n) is 10.7. The molecule has 2 amide bonds. The first-order valence-electron chi connectivity index (χ1n) is 6.98. The van der Waals surface area contributed by atoms with Crippen LogP contribution in [-0.4, -0.2) is 29.1 Å². The van der Waals surface area contributed by atoms with Crippen molar-refractivity contribution in [3.63, 3.8) is 0 Å². The van der Waals surface area contributed by atoms with Crippen LogP contribution in [0.15, 0.2) is 0 Å². The molecular formula is C13H24N2OS. The van der Waals surface area contributed by atoms with E-state index >= 15 is 0 Å². The van der Waals surface area contributed by atoms with E-state index in [0.717, 1.165) is 25.0 Å². The molecule has 98 valence electrons. The topological polar surface area (TPSA) is 41.1 Å². The van der Waals surface area contributed by atoms with Gasteiger partial charge in [-0.1, -0.05) is 26.2 Å². The van der Waals surface area contributed by atoms with E-state index in [0.29, 0.717) is 17.3 Å². The van der Waals surface area contributed by atoms with E-state index in [1.165, 1.54) is 25.7 Å². The van der Waals surface area contributed by atoms with E-state index in [1.807, 2.05) is 11.8 Å². The predicted octanol–water partition coefficient (Wildman–Crippen LogP) is 2.90. The second-order valence-electron chi connectivity index (χ2n) is 5.13. The van der Waals surface area contributed by atoms with Gasteiger partial charge in [-0.25, -0.2) is 4.79 Å². The summed E-state index contributed by atoms with van der Waals surface area (Å²) in [5, 5.41) is 6.91. The van der Waals surface area contributed by atoms with E-state index in [1.54, 1.807) is 0 Å². The van der Waals surface area contributed by atoms with Crippen LogP contribution in [0.2, 0.25) is 0 Å². The van der Waals surface area contributed by atoms with Crippen LogP contribution >= 0.6 is 11.8 Å². The van der Waals surface area contributed by atoms with Crippen LogP contribution in [0.4, 0.5) is 4.79 Å². The quantitative estimate of drug-likeness (QED) is 0.812. The summed E-state index contributed by atoms with van der Waals surface area (Å²) in [6, 6.07) is 0.875. The molecule has 0 spiro atoms. The fourth-order valence-electron chi connectivity index (χ4n) is 2.97. The van der Waals surface area contributed by atoms with Crippen molar-refractivity contribution in [3.8, 4) is 0 Å². The van der Waals surface area contributed by atoms with Crippen LogP contribution in [0, 0.1) is 0 Å². The molecule has 3 nitrogen and oxygen atoms in total. The summed E-state index contributed by atoms with van der Waals surface area (Å²) in [5.74, 6) is 1.15. The zero-order chi connectivity index (χ0) is 12.1. The van der Waals surface area contributed by atoms with Crippen LogP contribution in [0.3, 0.4) is 0 Å². The number of carbonyl (C=O) groups excluding carboxylic acids is 1. The number of urea groups is 1. The lowest BCUT2D eigenvalue weighted by molar-refractivity contribution is 0.233. The van der Waals surface area contributed by atoms with Gasteiger partial charge >= 0.3 is 6.03 Å². The van der Waals surface area contributed by atoms with Crippen molar-refractivity contribution in [1.82, 2.24) is 10.6 Å². The first-order chi connectivity index (χ1) is 8.29. The standard InChI is InChI=1S/C13H24N2OS/c1-2-17-12-9-5-8-11(12)15-13(16)14-10-6-3-4-7-10/h10-12H,2-9H2,1H3,(H2,14,15,16). The number of thioether (sulfide) groups is 1. The van der Waals surface area contributed by atoms with Crippen LogP contribution in [-0.2, 0) is 0 Å². The van der Waals surface area contributed by atoms with Gasteiger partial charge in [0.25, 0.3) is 0 Å². The van der Waals surface area contributed by atoms with Crippen LogP contribution < -0.4 is 10.6 Å². The maximum absolute atomic E-state index is 11.9. The summed E-state index contributed by atoms with van der Waals surface area (Å²) >= 11 is 1.99. The fraction of sp³-hybridized carbons (Fsp3) is 0.923. The highest BCUT2D eigenvalue weighted by molar-refractivity contribution is 7.99. The van der Waals surface area contributed by atoms with Gasteiger partial charge in [-0.05, 0) is 31.4 Å². The van der Waals surface area contributed by atoms with Crippen molar-refractivity contribution in [1.29, 1.82) is 0 Å². The van der Waals surface area contributed by atoms with Crippen molar-refractivity contribution in [2.24, 2.45) is 0 Å². The lowest BCUT2D eigenvalue weighted by Gasteiger charge is -2.21. The monoisotopic (exact) mass is 256 g/mol. The van der Waals surface area contributed by atoms with Crippen LogP contribution in [0.1, 0.15) is 51.9 Å². The Morgan fingerprint density at radius 2 is 1.88 bits per heavy atom. The van der Waals surface area contributed by atoms with Crippen molar-refractivity contribution < 1.29 is 4.79 Å². The molecule has 2 aliphatic rings. The molecule has 4 heteroatoms. The van der Waals surface area contributed by atoms with E-state index in [2.05, 4.69) is 17.6 Å². The molecule has 2 aliphatic carbocycles. The van der Waals surface area contributed by atoms with Gasteiger partial charge in [0.2, 0.25) is 0 Å². The van der Waals surface area contributed by atoms with E-state index in [9.17, 15) is 4.79 Å². The highest BCUT2D eigenvalue weighted by Crippen LogP contribution is 2.29. The molecule has 2 unspecified atom stereocenters. The fourth-order valence-corrected chi connectivity index (χ4v) is 4.17. The molecule has 0 aromatic rings. The SMILES string of the molecule is CCSC1CCCC1NC(=O)NC1CCCC1. The lowest BCUT2D eigenvalue weighted by atomic mass is 10.2. The molecule has 2 fully saturated rings. The molecule has 17 heavy (non-hydrogen) atoms. The molecule has 0 saturated heterocycles. The number of nitrogens with one attached hydrogen (secondary N) is 2. The smallest absolute Gasteiger partial charge is 0.315 e. The minimum atomic E-state index is 0.0607. The highest BCUT2D eigenvalue weighted by Gasteiger charge is 2.29. The van der Waals surface area contributed by atoms with E-state index < -0.39 is 0 Å². The minimum Gasteiger partial charge on any atom is -0.335 e. The van der Waals surface area contributed by atoms with Gasteiger partial charge < -0.3 is 10.6 Å². The molecule has 2 N–H and O–H groups in total. The Labute approximate surface area is 108 Å². The Kier molecular flexibility index (Phi) is 5.01. The summed E-state index contributed by atoms with van der Waals surface area (Å²) < 4.78 is 0. The average Bonchev–Trinajstić information content (AvgIpc) is 2.92. The molecule has 0 aliphatic heterocycles. The normalized spacial score (nSPS) is 29.5. The third kappa shape index (κ3) is 3.80. The number of hydrogen-bond donors (Lipinski definition) is 2. The Morgan fingerprint density at radius 1 is 1.12 bits per heavy atom. The van der Waals surface area contributed by atoms with Gasteiger partial charge in [-0.2, -0.15) is 11.8 Å². The van der Waals surface area contributed by atoms with Crippen LogP contribution in [0.5, 0.6) is 0 Å². The second kappa shape index (κ2) is 6.53. The largest absolute Gasteiger partial charge is 0.335 e. The van der Waals surface area contributed by atoms with Gasteiger partial charge in [0.05, 0.1) is 0 Å². The maximum Gasteiger partial charge on any atom is 0.315 e. The van der Waals surface area contributed by atoms with Gasteiger partial charge in [-0.3, -0.25) is 0 Å². The van der Waals surface area contributed by atoms with Gasteiger partial charge in [0, 0.05) is 17.3 Å². The summed E-state index contributed by atoms with van der Waals surface area (Å²) in [4.78, 5) is 11.9. The second-order valence-corrected chi connectivity index (χ2v) is 6.65. The number of hydrogen-bond acceptors (Lipinski definition) is 2. The molecule has 2 atom stereocenters. The van der Waals surface area contributed by atoms with Gasteiger partial charge in [-0.15, -0.1) is 0 Å². The summed E-state index contributed by atoms with van der Waals surface area (Å²) in [6.07, 6.45) is 8.51. The molecule has 2 rings (SSSR count). The van der Waals surface area contributed by atoms with Crippen molar-refractivity contribution in [2.75, 3.05) is 5.75 Å². The summed E-state index contributed by atoms with van der Waals surface area (Å²) in [7, 11) is 0. The molecule has 0 aromatic heterocycles. The molecular weight excluding hydrogens is 232 g/mol. The number of carbonyl (C=O) groups is 1. The third-order valence-corrected chi connectivity index (χ3v) is 5.17. The Morgan fingerprint density at radius 3 is 2.59 bits per heavy atom. The summed E-state index contributed by atoms with van der Waals surface area (Å²) in [6.45, 7) is 2.19. The Bertz CT molecular complexity index is 254. The number of amides is 2. The lowest BCUT2D eigenvalue weighted by Crippen LogP contribution is -2.47.